The smallest absolute Gasteiger partial charge is 0.0576 e. The summed E-state index contributed by atoms with van der Waals surface area (Å²) in [5, 5.41) is 3.83. The molecule has 3 nitrogen and oxygen atoms in total. The number of ether oxygens (including phenoxy) is 1. The fourth-order valence-corrected chi connectivity index (χ4v) is 4.15. The largest absolute Gasteiger partial charge is 0.378 e. The molecule has 3 atom stereocenters. The highest BCUT2D eigenvalue weighted by molar-refractivity contribution is 4.97. The van der Waals surface area contributed by atoms with Crippen molar-refractivity contribution < 1.29 is 4.74 Å². The fraction of sp³-hybridized carbons (Fsp3) is 1.00. The third-order valence-corrected chi connectivity index (χ3v) is 5.63. The van der Waals surface area contributed by atoms with Crippen LogP contribution in [0.25, 0.3) is 0 Å². The minimum atomic E-state index is 0.366. The Bertz CT molecular complexity index is 329. The van der Waals surface area contributed by atoms with Crippen molar-refractivity contribution >= 4 is 0 Å². The van der Waals surface area contributed by atoms with Crippen LogP contribution in [0, 0.1) is 11.3 Å². The summed E-state index contributed by atoms with van der Waals surface area (Å²) in [5.41, 5.74) is 0.366. The summed E-state index contributed by atoms with van der Waals surface area (Å²) < 4.78 is 5.77. The maximum atomic E-state index is 5.77. The fourth-order valence-electron chi connectivity index (χ4n) is 4.15. The van der Waals surface area contributed by atoms with E-state index in [0.717, 1.165) is 18.6 Å². The molecule has 3 heteroatoms. The number of hydrogen-bond donors (Lipinski definition) is 1. The zero-order chi connectivity index (χ0) is 14.9. The Balaban J connectivity index is 1.51. The molecule has 0 amide bonds. The van der Waals surface area contributed by atoms with Gasteiger partial charge in [-0.3, -0.25) is 4.90 Å². The van der Waals surface area contributed by atoms with Crippen LogP contribution in [0.1, 0.15) is 59.3 Å². The zero-order valence-corrected chi connectivity index (χ0v) is 14.2. The van der Waals surface area contributed by atoms with E-state index in [1.807, 2.05) is 0 Å². The number of hydrogen-bond acceptors (Lipinski definition) is 3. The molecule has 2 heterocycles. The quantitative estimate of drug-likeness (QED) is 0.843. The van der Waals surface area contributed by atoms with E-state index in [1.165, 1.54) is 58.2 Å². The van der Waals surface area contributed by atoms with Crippen LogP contribution in [0.4, 0.5) is 0 Å². The highest BCUT2D eigenvalue weighted by Crippen LogP contribution is 2.36. The van der Waals surface area contributed by atoms with E-state index in [9.17, 15) is 0 Å². The molecule has 0 aromatic heterocycles. The minimum Gasteiger partial charge on any atom is -0.378 e. The normalized spacial score (nSPS) is 35.3. The van der Waals surface area contributed by atoms with Crippen LogP contribution < -0.4 is 5.32 Å². The average molecular weight is 294 g/mol. The highest BCUT2D eigenvalue weighted by Gasteiger charge is 2.40. The van der Waals surface area contributed by atoms with E-state index < -0.39 is 0 Å². The Morgan fingerprint density at radius 2 is 2.00 bits per heavy atom. The van der Waals surface area contributed by atoms with Crippen LogP contribution in [0.5, 0.6) is 0 Å². The van der Waals surface area contributed by atoms with Gasteiger partial charge >= 0.3 is 0 Å². The van der Waals surface area contributed by atoms with Crippen molar-refractivity contribution in [2.45, 2.75) is 77.5 Å². The topological polar surface area (TPSA) is 24.5 Å². The third kappa shape index (κ3) is 4.20. The van der Waals surface area contributed by atoms with Crippen LogP contribution in [-0.2, 0) is 4.74 Å². The van der Waals surface area contributed by atoms with E-state index in [0.29, 0.717) is 17.6 Å². The van der Waals surface area contributed by atoms with Gasteiger partial charge in [0, 0.05) is 31.8 Å². The number of nitrogens with zero attached hydrogens (tertiary/aromatic N) is 1. The lowest BCUT2D eigenvalue weighted by Crippen LogP contribution is -2.61. The van der Waals surface area contributed by atoms with Crippen molar-refractivity contribution in [2.75, 3.05) is 26.2 Å². The first-order valence-corrected chi connectivity index (χ1v) is 9.13. The molecule has 1 saturated carbocycles. The molecule has 2 saturated heterocycles. The van der Waals surface area contributed by atoms with E-state index >= 15 is 0 Å². The van der Waals surface area contributed by atoms with Crippen molar-refractivity contribution in [3.63, 3.8) is 0 Å². The van der Waals surface area contributed by atoms with E-state index in [2.05, 4.69) is 31.0 Å². The van der Waals surface area contributed by atoms with Gasteiger partial charge in [0.05, 0.1) is 6.10 Å². The number of rotatable bonds is 5. The molecule has 3 rings (SSSR count). The lowest BCUT2D eigenvalue weighted by atomic mass is 9.83. The molecule has 0 spiro atoms. The molecule has 0 aromatic rings. The van der Waals surface area contributed by atoms with Gasteiger partial charge in [0.1, 0.15) is 0 Å². The summed E-state index contributed by atoms with van der Waals surface area (Å²) in [4.78, 5) is 2.79. The molecule has 2 aliphatic heterocycles. The van der Waals surface area contributed by atoms with Gasteiger partial charge in [-0.05, 0) is 56.4 Å². The van der Waals surface area contributed by atoms with Gasteiger partial charge < -0.3 is 10.1 Å². The molecule has 0 bridgehead atoms. The van der Waals surface area contributed by atoms with Crippen molar-refractivity contribution in [1.29, 1.82) is 0 Å². The van der Waals surface area contributed by atoms with E-state index in [4.69, 9.17) is 4.74 Å². The lowest BCUT2D eigenvalue weighted by molar-refractivity contribution is 0.0434. The molecular formula is C18H34N2O. The summed E-state index contributed by atoms with van der Waals surface area (Å²) in [7, 11) is 0. The summed E-state index contributed by atoms with van der Waals surface area (Å²) >= 11 is 0. The predicted octanol–water partition coefficient (Wildman–Crippen LogP) is 3.04. The second-order valence-electron chi connectivity index (χ2n) is 8.51. The lowest BCUT2D eigenvalue weighted by Gasteiger charge is -2.47. The maximum Gasteiger partial charge on any atom is 0.0576 e. The average Bonchev–Trinajstić information content (AvgIpc) is 3.16. The van der Waals surface area contributed by atoms with E-state index in [-0.39, 0.29) is 0 Å². The molecular weight excluding hydrogens is 260 g/mol. The molecule has 1 N–H and O–H groups in total. The van der Waals surface area contributed by atoms with Crippen LogP contribution in [-0.4, -0.2) is 49.3 Å². The standard InChI is InChI=1S/C18H34N2O/c1-18(2,3)17-12-19-16(14-8-9-14)13-20(17)10-4-6-15-7-5-11-21-15/h14-17,19H,4-13H2,1-3H3. The summed E-state index contributed by atoms with van der Waals surface area (Å²) in [6, 6.07) is 1.43. The summed E-state index contributed by atoms with van der Waals surface area (Å²) in [5.74, 6) is 0.964. The van der Waals surface area contributed by atoms with Gasteiger partial charge in [-0.2, -0.15) is 0 Å². The number of piperazine rings is 1. The zero-order valence-electron chi connectivity index (χ0n) is 14.2. The Morgan fingerprint density at radius 1 is 1.19 bits per heavy atom. The Kier molecular flexibility index (Phi) is 4.92. The van der Waals surface area contributed by atoms with Crippen LogP contribution in [0.3, 0.4) is 0 Å². The van der Waals surface area contributed by atoms with Crippen LogP contribution >= 0.6 is 0 Å². The first-order chi connectivity index (χ1) is 10.0. The van der Waals surface area contributed by atoms with Gasteiger partial charge in [-0.15, -0.1) is 0 Å². The van der Waals surface area contributed by atoms with Crippen molar-refractivity contribution in [3.8, 4) is 0 Å². The monoisotopic (exact) mass is 294 g/mol. The van der Waals surface area contributed by atoms with Crippen molar-refractivity contribution in [1.82, 2.24) is 10.2 Å². The van der Waals surface area contributed by atoms with Crippen molar-refractivity contribution in [2.24, 2.45) is 11.3 Å². The molecule has 0 aromatic carbocycles. The van der Waals surface area contributed by atoms with Gasteiger partial charge in [0.15, 0.2) is 0 Å². The molecule has 3 aliphatic rings. The highest BCUT2D eigenvalue weighted by atomic mass is 16.5. The molecule has 21 heavy (non-hydrogen) atoms. The minimum absolute atomic E-state index is 0.366. The van der Waals surface area contributed by atoms with Gasteiger partial charge in [0.2, 0.25) is 0 Å². The molecule has 1 aliphatic carbocycles. The van der Waals surface area contributed by atoms with Crippen LogP contribution in [0.2, 0.25) is 0 Å². The first kappa shape index (κ1) is 15.8. The third-order valence-electron chi connectivity index (χ3n) is 5.63. The summed E-state index contributed by atoms with van der Waals surface area (Å²) in [6.45, 7) is 11.9. The Labute approximate surface area is 130 Å². The SMILES string of the molecule is CC(C)(C)C1CNC(C2CC2)CN1CCCC1CCCO1. The maximum absolute atomic E-state index is 5.77. The molecule has 3 unspecified atom stereocenters. The van der Waals surface area contributed by atoms with Gasteiger partial charge in [-0.1, -0.05) is 20.8 Å². The van der Waals surface area contributed by atoms with Crippen molar-refractivity contribution in [3.05, 3.63) is 0 Å². The Hall–Kier alpha value is -0.120. The molecule has 0 radical (unpaired) electrons. The Morgan fingerprint density at radius 3 is 2.62 bits per heavy atom. The second kappa shape index (κ2) is 6.55. The van der Waals surface area contributed by atoms with E-state index in [1.54, 1.807) is 0 Å². The summed E-state index contributed by atoms with van der Waals surface area (Å²) in [6.07, 6.45) is 8.56. The second-order valence-corrected chi connectivity index (χ2v) is 8.51. The number of nitrogens with one attached hydrogen (secondary N) is 1. The van der Waals surface area contributed by atoms with Gasteiger partial charge in [-0.25, -0.2) is 0 Å². The van der Waals surface area contributed by atoms with Crippen LogP contribution in [0.15, 0.2) is 0 Å². The first-order valence-electron chi connectivity index (χ1n) is 9.13. The van der Waals surface area contributed by atoms with Gasteiger partial charge in [0.25, 0.3) is 0 Å². The molecule has 122 valence electrons. The predicted molar refractivity (Wildman–Crippen MR) is 87.5 cm³/mol. The molecule has 3 fully saturated rings.